The topological polar surface area (TPSA) is 55.6 Å². The number of para-hydroxylation sites is 1. The minimum atomic E-state index is -0.733. The van der Waals surface area contributed by atoms with Crippen LogP contribution in [0.5, 0.6) is 5.75 Å². The number of rotatable bonds is 2. The predicted molar refractivity (Wildman–Crippen MR) is 119 cm³/mol. The highest BCUT2D eigenvalue weighted by Gasteiger charge is 2.57. The Labute approximate surface area is 175 Å². The van der Waals surface area contributed by atoms with Crippen molar-refractivity contribution in [3.8, 4) is 16.9 Å². The van der Waals surface area contributed by atoms with E-state index < -0.39 is 5.72 Å². The minimum absolute atomic E-state index is 0.0547. The van der Waals surface area contributed by atoms with Crippen molar-refractivity contribution in [2.75, 3.05) is 11.9 Å². The highest BCUT2D eigenvalue weighted by atomic mass is 16.6. The molecule has 2 aliphatic rings. The van der Waals surface area contributed by atoms with Gasteiger partial charge in [-0.3, -0.25) is 10.1 Å². The molecule has 0 aromatic heterocycles. The van der Waals surface area contributed by atoms with Gasteiger partial charge in [-0.1, -0.05) is 48.5 Å². The molecule has 3 aromatic rings. The lowest BCUT2D eigenvalue weighted by molar-refractivity contribution is -0.384. The zero-order valence-corrected chi connectivity index (χ0v) is 17.1. The van der Waals surface area contributed by atoms with Gasteiger partial charge in [0.15, 0.2) is 0 Å². The molecular weight excluding hydrogens is 376 g/mol. The maximum Gasteiger partial charge on any atom is 0.270 e. The Morgan fingerprint density at radius 2 is 1.70 bits per heavy atom. The summed E-state index contributed by atoms with van der Waals surface area (Å²) in [7, 11) is 2.04. The minimum Gasteiger partial charge on any atom is -0.462 e. The summed E-state index contributed by atoms with van der Waals surface area (Å²) in [5.41, 5.74) is 3.66. The van der Waals surface area contributed by atoms with Gasteiger partial charge in [0.1, 0.15) is 5.75 Å². The number of hydrogen-bond donors (Lipinski definition) is 0. The van der Waals surface area contributed by atoms with Crippen LogP contribution in [0, 0.1) is 10.1 Å². The maximum atomic E-state index is 11.6. The average Bonchev–Trinajstić information content (AvgIpc) is 2.92. The van der Waals surface area contributed by atoms with E-state index in [4.69, 9.17) is 4.74 Å². The summed E-state index contributed by atoms with van der Waals surface area (Å²) < 4.78 is 6.83. The van der Waals surface area contributed by atoms with E-state index >= 15 is 0 Å². The van der Waals surface area contributed by atoms with Crippen LogP contribution in [0.1, 0.15) is 25.0 Å². The standard InChI is InChI=1S/C25H22N2O3/c1-24(2)21-11-7-8-12-22(21)26(3)25(24)14-13-18-15-19(27(28)29)16-20(23(18)30-25)17-9-5-4-6-10-17/h4-16H,1-3H3. The number of hydrogen-bond acceptors (Lipinski definition) is 4. The molecule has 0 saturated heterocycles. The number of anilines is 1. The quantitative estimate of drug-likeness (QED) is 0.405. The van der Waals surface area contributed by atoms with Crippen molar-refractivity contribution < 1.29 is 9.66 Å². The first kappa shape index (κ1) is 18.4. The Balaban J connectivity index is 1.73. The zero-order chi connectivity index (χ0) is 21.1. The Kier molecular flexibility index (Phi) is 3.81. The van der Waals surface area contributed by atoms with Gasteiger partial charge < -0.3 is 9.64 Å². The molecule has 3 aromatic carbocycles. The summed E-state index contributed by atoms with van der Waals surface area (Å²) in [6.45, 7) is 4.36. The lowest BCUT2D eigenvalue weighted by Gasteiger charge is -2.46. The van der Waals surface area contributed by atoms with Crippen LogP contribution in [-0.4, -0.2) is 17.7 Å². The number of nitro groups is 1. The van der Waals surface area contributed by atoms with Crippen LogP contribution in [0.25, 0.3) is 17.2 Å². The number of likely N-dealkylation sites (N-methyl/N-ethyl adjacent to an activating group) is 1. The van der Waals surface area contributed by atoms with Crippen molar-refractivity contribution in [3.63, 3.8) is 0 Å². The van der Waals surface area contributed by atoms with Crippen LogP contribution in [0.2, 0.25) is 0 Å². The number of fused-ring (bicyclic) bond motifs is 2. The Morgan fingerprint density at radius 3 is 2.40 bits per heavy atom. The molecule has 0 bridgehead atoms. The van der Waals surface area contributed by atoms with E-state index in [1.807, 2.05) is 61.7 Å². The predicted octanol–water partition coefficient (Wildman–Crippen LogP) is 5.79. The lowest BCUT2D eigenvalue weighted by atomic mass is 9.76. The van der Waals surface area contributed by atoms with Gasteiger partial charge in [-0.25, -0.2) is 0 Å². The van der Waals surface area contributed by atoms with Crippen LogP contribution in [0.15, 0.2) is 72.8 Å². The molecule has 150 valence electrons. The zero-order valence-electron chi connectivity index (χ0n) is 17.1. The van der Waals surface area contributed by atoms with Crippen LogP contribution in [0.3, 0.4) is 0 Å². The number of ether oxygens (including phenoxy) is 1. The van der Waals surface area contributed by atoms with Gasteiger partial charge in [-0.05, 0) is 43.2 Å². The summed E-state index contributed by atoms with van der Waals surface area (Å²) in [4.78, 5) is 13.4. The Bertz CT molecular complexity index is 1200. The molecule has 0 fully saturated rings. The lowest BCUT2D eigenvalue weighted by Crippen LogP contribution is -2.58. The first-order valence-corrected chi connectivity index (χ1v) is 9.94. The molecule has 0 saturated carbocycles. The Morgan fingerprint density at radius 1 is 1.00 bits per heavy atom. The highest BCUT2D eigenvalue weighted by Crippen LogP contribution is 2.55. The van der Waals surface area contributed by atoms with E-state index in [-0.39, 0.29) is 16.0 Å². The first-order valence-electron chi connectivity index (χ1n) is 9.94. The summed E-state index contributed by atoms with van der Waals surface area (Å²) in [6.07, 6.45) is 4.00. The fourth-order valence-electron chi connectivity index (χ4n) is 4.81. The second kappa shape index (κ2) is 6.20. The third-order valence-corrected chi connectivity index (χ3v) is 6.48. The molecule has 0 amide bonds. The molecule has 0 aliphatic carbocycles. The number of nitro benzene ring substituents is 1. The highest BCUT2D eigenvalue weighted by molar-refractivity contribution is 5.82. The number of nitrogens with zero attached hydrogens (tertiary/aromatic N) is 2. The molecule has 5 heteroatoms. The second-order valence-electron chi connectivity index (χ2n) is 8.37. The van der Waals surface area contributed by atoms with E-state index in [1.54, 1.807) is 12.1 Å². The molecule has 1 atom stereocenters. The molecule has 1 unspecified atom stereocenters. The second-order valence-corrected chi connectivity index (χ2v) is 8.37. The van der Waals surface area contributed by atoms with Crippen molar-refractivity contribution >= 4 is 17.5 Å². The van der Waals surface area contributed by atoms with E-state index in [0.717, 1.165) is 16.8 Å². The van der Waals surface area contributed by atoms with Crippen molar-refractivity contribution in [1.29, 1.82) is 0 Å². The SMILES string of the molecule is CN1c2ccccc2C(C)(C)C12C=Cc1cc([N+](=O)[O-])cc(-c3ccccc3)c1O2. The van der Waals surface area contributed by atoms with Crippen molar-refractivity contribution in [1.82, 2.24) is 0 Å². The van der Waals surface area contributed by atoms with Gasteiger partial charge in [0.05, 0.1) is 10.3 Å². The van der Waals surface area contributed by atoms with Gasteiger partial charge in [-0.15, -0.1) is 0 Å². The molecule has 0 radical (unpaired) electrons. The fourth-order valence-corrected chi connectivity index (χ4v) is 4.81. The van der Waals surface area contributed by atoms with Gasteiger partial charge in [-0.2, -0.15) is 0 Å². The maximum absolute atomic E-state index is 11.6. The average molecular weight is 398 g/mol. The molecule has 1 spiro atoms. The largest absolute Gasteiger partial charge is 0.462 e. The van der Waals surface area contributed by atoms with Crippen molar-refractivity contribution in [3.05, 3.63) is 94.0 Å². The summed E-state index contributed by atoms with van der Waals surface area (Å²) in [6, 6.07) is 21.2. The van der Waals surface area contributed by atoms with E-state index in [2.05, 4.69) is 30.9 Å². The first-order chi connectivity index (χ1) is 14.3. The van der Waals surface area contributed by atoms with E-state index in [0.29, 0.717) is 11.3 Å². The van der Waals surface area contributed by atoms with Crippen LogP contribution in [0.4, 0.5) is 11.4 Å². The molecular formula is C25H22N2O3. The van der Waals surface area contributed by atoms with Gasteiger partial charge >= 0.3 is 0 Å². The van der Waals surface area contributed by atoms with Crippen molar-refractivity contribution in [2.45, 2.75) is 25.0 Å². The third-order valence-electron chi connectivity index (χ3n) is 6.48. The van der Waals surface area contributed by atoms with Gasteiger partial charge in [0.25, 0.3) is 5.69 Å². The molecule has 2 heterocycles. The van der Waals surface area contributed by atoms with Gasteiger partial charge in [0, 0.05) is 36.0 Å². The summed E-state index contributed by atoms with van der Waals surface area (Å²) in [5.74, 6) is 0.669. The molecule has 2 aliphatic heterocycles. The monoisotopic (exact) mass is 398 g/mol. The van der Waals surface area contributed by atoms with Gasteiger partial charge in [0.2, 0.25) is 5.72 Å². The third kappa shape index (κ3) is 2.35. The molecule has 5 nitrogen and oxygen atoms in total. The van der Waals surface area contributed by atoms with Crippen LogP contribution in [-0.2, 0) is 5.41 Å². The normalized spacial score (nSPS) is 20.6. The number of benzene rings is 3. The Hall–Kier alpha value is -3.60. The smallest absolute Gasteiger partial charge is 0.270 e. The molecule has 30 heavy (non-hydrogen) atoms. The number of non-ortho nitro benzene ring substituents is 1. The summed E-state index contributed by atoms with van der Waals surface area (Å²) >= 11 is 0. The van der Waals surface area contributed by atoms with Crippen LogP contribution < -0.4 is 9.64 Å². The van der Waals surface area contributed by atoms with Crippen LogP contribution >= 0.6 is 0 Å². The van der Waals surface area contributed by atoms with E-state index in [9.17, 15) is 10.1 Å². The molecule has 5 rings (SSSR count). The fraction of sp³-hybridized carbons (Fsp3) is 0.200. The van der Waals surface area contributed by atoms with Crippen molar-refractivity contribution in [2.24, 2.45) is 0 Å². The van der Waals surface area contributed by atoms with E-state index in [1.165, 1.54) is 5.56 Å². The summed E-state index contributed by atoms with van der Waals surface area (Å²) in [5, 5.41) is 11.6. The molecule has 0 N–H and O–H groups in total.